The molecule has 137 valence electrons. The molecule has 0 atom stereocenters. The van der Waals surface area contributed by atoms with Gasteiger partial charge in [0.2, 0.25) is 0 Å². The van der Waals surface area contributed by atoms with Crippen LogP contribution in [0, 0.1) is 6.07 Å². The Hall–Kier alpha value is -3.32. The maximum absolute atomic E-state index is 3.16. The molecule has 4 aromatic carbocycles. The molecule has 0 saturated heterocycles. The van der Waals surface area contributed by atoms with Crippen LogP contribution in [0.5, 0.6) is 0 Å². The predicted molar refractivity (Wildman–Crippen MR) is 118 cm³/mol. The summed E-state index contributed by atoms with van der Waals surface area (Å²) >= 11 is 0. The number of hydrogen-bond acceptors (Lipinski definition) is 1. The van der Waals surface area contributed by atoms with E-state index in [1.165, 1.54) is 22.4 Å². The summed E-state index contributed by atoms with van der Waals surface area (Å²) in [6, 6.07) is 43.8. The van der Waals surface area contributed by atoms with Gasteiger partial charge in [-0.1, -0.05) is 103 Å². The van der Waals surface area contributed by atoms with E-state index < -0.39 is 5.54 Å². The van der Waals surface area contributed by atoms with Gasteiger partial charge in [-0.2, -0.15) is 0 Å². The molecule has 0 saturated carbocycles. The summed E-state index contributed by atoms with van der Waals surface area (Å²) in [5, 5.41) is 0. The van der Waals surface area contributed by atoms with Gasteiger partial charge in [-0.25, -0.2) is 0 Å². The second-order valence-electron chi connectivity index (χ2n) is 6.81. The Morgan fingerprint density at radius 2 is 1.00 bits per heavy atom. The second kappa shape index (κ2) is 8.14. The standard InChI is InChI=1S/C27H24N/c1-2-28(26-21-13-6-14-22-26)27(23-15-7-3-8-16-23,24-17-9-4-10-18-24)25-19-11-5-12-20-25/h3-5,7-22H,2H2,1H3. The highest BCUT2D eigenvalue weighted by atomic mass is 15.2. The lowest BCUT2D eigenvalue weighted by molar-refractivity contribution is 0.569. The van der Waals surface area contributed by atoms with Crippen LogP contribution in [0.2, 0.25) is 0 Å². The van der Waals surface area contributed by atoms with Crippen molar-refractivity contribution < 1.29 is 0 Å². The van der Waals surface area contributed by atoms with Crippen molar-refractivity contribution in [2.24, 2.45) is 0 Å². The first-order chi connectivity index (χ1) is 13.9. The maximum Gasteiger partial charge on any atom is 0.116 e. The van der Waals surface area contributed by atoms with Gasteiger partial charge in [0.1, 0.15) is 5.54 Å². The maximum atomic E-state index is 3.16. The Balaban J connectivity index is 2.10. The minimum absolute atomic E-state index is 0.431. The van der Waals surface area contributed by atoms with Crippen molar-refractivity contribution in [2.45, 2.75) is 12.5 Å². The van der Waals surface area contributed by atoms with Crippen molar-refractivity contribution >= 4 is 5.69 Å². The lowest BCUT2D eigenvalue weighted by atomic mass is 9.75. The van der Waals surface area contributed by atoms with Crippen LogP contribution in [-0.4, -0.2) is 6.54 Å². The molecular weight excluding hydrogens is 338 g/mol. The topological polar surface area (TPSA) is 3.24 Å². The first kappa shape index (κ1) is 18.1. The van der Waals surface area contributed by atoms with E-state index >= 15 is 0 Å². The molecule has 1 radical (unpaired) electrons. The Labute approximate surface area is 167 Å². The number of rotatable bonds is 6. The molecule has 0 aliphatic heterocycles. The highest BCUT2D eigenvalue weighted by Gasteiger charge is 2.41. The van der Waals surface area contributed by atoms with Crippen LogP contribution in [0.3, 0.4) is 0 Å². The fourth-order valence-corrected chi connectivity index (χ4v) is 4.18. The second-order valence-corrected chi connectivity index (χ2v) is 6.81. The summed E-state index contributed by atoms with van der Waals surface area (Å²) in [5.41, 5.74) is 4.50. The van der Waals surface area contributed by atoms with Crippen LogP contribution in [0.4, 0.5) is 5.69 Å². The van der Waals surface area contributed by atoms with Gasteiger partial charge in [-0.3, -0.25) is 0 Å². The fourth-order valence-electron chi connectivity index (χ4n) is 4.18. The van der Waals surface area contributed by atoms with Crippen molar-refractivity contribution in [2.75, 3.05) is 11.4 Å². The van der Waals surface area contributed by atoms with Crippen molar-refractivity contribution in [3.63, 3.8) is 0 Å². The zero-order valence-corrected chi connectivity index (χ0v) is 16.1. The van der Waals surface area contributed by atoms with E-state index in [1.54, 1.807) is 0 Å². The van der Waals surface area contributed by atoms with E-state index in [0.29, 0.717) is 0 Å². The van der Waals surface area contributed by atoms with Gasteiger partial charge in [0.15, 0.2) is 0 Å². The van der Waals surface area contributed by atoms with Gasteiger partial charge >= 0.3 is 0 Å². The van der Waals surface area contributed by atoms with E-state index in [9.17, 15) is 0 Å². The van der Waals surface area contributed by atoms with Gasteiger partial charge in [0, 0.05) is 12.2 Å². The van der Waals surface area contributed by atoms with Gasteiger partial charge < -0.3 is 4.90 Å². The smallest absolute Gasteiger partial charge is 0.116 e. The van der Waals surface area contributed by atoms with Crippen molar-refractivity contribution in [3.05, 3.63) is 138 Å². The van der Waals surface area contributed by atoms with Crippen molar-refractivity contribution in [3.8, 4) is 0 Å². The number of hydrogen-bond donors (Lipinski definition) is 0. The molecule has 1 nitrogen and oxygen atoms in total. The van der Waals surface area contributed by atoms with Gasteiger partial charge in [-0.15, -0.1) is 0 Å². The van der Waals surface area contributed by atoms with Gasteiger partial charge in [-0.05, 0) is 41.8 Å². The quantitative estimate of drug-likeness (QED) is 0.364. The van der Waals surface area contributed by atoms with Crippen LogP contribution in [-0.2, 0) is 5.54 Å². The van der Waals surface area contributed by atoms with Crippen LogP contribution < -0.4 is 4.90 Å². The molecule has 0 bridgehead atoms. The number of anilines is 1. The summed E-state index contributed by atoms with van der Waals surface area (Å²) < 4.78 is 0. The molecule has 1 heteroatoms. The van der Waals surface area contributed by atoms with E-state index in [2.05, 4.69) is 121 Å². The molecule has 0 aliphatic carbocycles. The average Bonchev–Trinajstić information content (AvgIpc) is 2.80. The van der Waals surface area contributed by atoms with E-state index in [-0.39, 0.29) is 0 Å². The Kier molecular flexibility index (Phi) is 5.25. The third-order valence-corrected chi connectivity index (χ3v) is 5.31. The monoisotopic (exact) mass is 362 g/mol. The van der Waals surface area contributed by atoms with Crippen LogP contribution in [0.25, 0.3) is 0 Å². The van der Waals surface area contributed by atoms with E-state index in [1.807, 2.05) is 12.1 Å². The van der Waals surface area contributed by atoms with E-state index in [0.717, 1.165) is 6.54 Å². The van der Waals surface area contributed by atoms with Crippen LogP contribution in [0.1, 0.15) is 23.6 Å². The third kappa shape index (κ3) is 3.10. The zero-order valence-electron chi connectivity index (χ0n) is 16.1. The highest BCUT2D eigenvalue weighted by Crippen LogP contribution is 2.44. The molecule has 0 amide bonds. The molecule has 0 spiro atoms. The van der Waals surface area contributed by atoms with Crippen molar-refractivity contribution in [1.82, 2.24) is 0 Å². The van der Waals surface area contributed by atoms with E-state index in [4.69, 9.17) is 0 Å². The van der Waals surface area contributed by atoms with Crippen molar-refractivity contribution in [1.29, 1.82) is 0 Å². The summed E-state index contributed by atoms with van der Waals surface area (Å²) in [6.07, 6.45) is 0. The SMILES string of the molecule is CCN(c1cc[c]cc1)C(c1ccccc1)(c1ccccc1)c1ccccc1. The van der Waals surface area contributed by atoms with Gasteiger partial charge in [0.05, 0.1) is 0 Å². The molecule has 4 rings (SSSR count). The largest absolute Gasteiger partial charge is 0.354 e. The molecule has 0 heterocycles. The number of benzene rings is 4. The predicted octanol–water partition coefficient (Wildman–Crippen LogP) is 6.31. The Morgan fingerprint density at radius 1 is 0.607 bits per heavy atom. The summed E-state index contributed by atoms with van der Waals surface area (Å²) in [6.45, 7) is 3.09. The molecular formula is C27H24N. The highest BCUT2D eigenvalue weighted by molar-refractivity contribution is 5.62. The lowest BCUT2D eigenvalue weighted by Crippen LogP contribution is -2.48. The first-order valence-electron chi connectivity index (χ1n) is 9.77. The van der Waals surface area contributed by atoms with Crippen LogP contribution in [0.15, 0.2) is 115 Å². The number of nitrogens with zero attached hydrogens (tertiary/aromatic N) is 1. The summed E-state index contributed by atoms with van der Waals surface area (Å²) in [4.78, 5) is 2.49. The average molecular weight is 362 g/mol. The zero-order chi connectivity index (χ0) is 19.2. The lowest BCUT2D eigenvalue weighted by Gasteiger charge is -2.46. The fraction of sp³-hybridized carbons (Fsp3) is 0.111. The molecule has 0 N–H and O–H groups in total. The molecule has 0 aliphatic rings. The normalized spacial score (nSPS) is 11.2. The van der Waals surface area contributed by atoms with Crippen LogP contribution >= 0.6 is 0 Å². The molecule has 0 fully saturated rings. The molecule has 28 heavy (non-hydrogen) atoms. The van der Waals surface area contributed by atoms with Gasteiger partial charge in [0.25, 0.3) is 0 Å². The Morgan fingerprint density at radius 3 is 1.36 bits per heavy atom. The first-order valence-corrected chi connectivity index (χ1v) is 9.77. The minimum Gasteiger partial charge on any atom is -0.354 e. The molecule has 4 aromatic rings. The molecule has 0 unspecified atom stereocenters. The molecule has 0 aromatic heterocycles. The Bertz CT molecular complexity index is 883. The summed E-state index contributed by atoms with van der Waals surface area (Å²) in [7, 11) is 0. The summed E-state index contributed by atoms with van der Waals surface area (Å²) in [5.74, 6) is 0. The third-order valence-electron chi connectivity index (χ3n) is 5.31. The minimum atomic E-state index is -0.431.